The SMILES string of the molecule is CCC1CC(C(C)Br)CCO1. The molecule has 0 aromatic carbocycles. The van der Waals surface area contributed by atoms with Crippen molar-refractivity contribution in [1.82, 2.24) is 0 Å². The second-order valence-electron chi connectivity index (χ2n) is 3.36. The first kappa shape index (κ1) is 9.53. The van der Waals surface area contributed by atoms with Crippen LogP contribution in [-0.2, 0) is 4.74 Å². The fourth-order valence-corrected chi connectivity index (χ4v) is 2.09. The molecule has 1 heterocycles. The minimum atomic E-state index is 0.522. The Morgan fingerprint density at radius 3 is 2.91 bits per heavy atom. The second kappa shape index (κ2) is 4.46. The van der Waals surface area contributed by atoms with Gasteiger partial charge in [0.25, 0.3) is 0 Å². The highest BCUT2D eigenvalue weighted by atomic mass is 79.9. The van der Waals surface area contributed by atoms with Gasteiger partial charge in [0.15, 0.2) is 0 Å². The van der Waals surface area contributed by atoms with E-state index in [4.69, 9.17) is 4.74 Å². The average molecular weight is 221 g/mol. The van der Waals surface area contributed by atoms with E-state index >= 15 is 0 Å². The van der Waals surface area contributed by atoms with Crippen molar-refractivity contribution in [2.75, 3.05) is 6.61 Å². The monoisotopic (exact) mass is 220 g/mol. The van der Waals surface area contributed by atoms with Crippen LogP contribution in [0.5, 0.6) is 0 Å². The van der Waals surface area contributed by atoms with Crippen molar-refractivity contribution >= 4 is 15.9 Å². The third-order valence-corrected chi connectivity index (χ3v) is 3.26. The molecule has 0 aromatic heterocycles. The van der Waals surface area contributed by atoms with Crippen LogP contribution in [0.3, 0.4) is 0 Å². The van der Waals surface area contributed by atoms with Gasteiger partial charge in [0.2, 0.25) is 0 Å². The van der Waals surface area contributed by atoms with E-state index in [0.29, 0.717) is 10.9 Å². The van der Waals surface area contributed by atoms with Crippen molar-refractivity contribution in [3.63, 3.8) is 0 Å². The Kier molecular flexibility index (Phi) is 3.86. The normalized spacial score (nSPS) is 35.2. The summed E-state index contributed by atoms with van der Waals surface area (Å²) in [5, 5.41) is 0. The summed E-state index contributed by atoms with van der Waals surface area (Å²) in [6.45, 7) is 5.40. The molecule has 0 bridgehead atoms. The summed E-state index contributed by atoms with van der Waals surface area (Å²) in [6, 6.07) is 0. The van der Waals surface area contributed by atoms with Gasteiger partial charge in [-0.15, -0.1) is 0 Å². The molecule has 0 N–H and O–H groups in total. The van der Waals surface area contributed by atoms with Gasteiger partial charge in [-0.05, 0) is 25.2 Å². The number of halogens is 1. The Labute approximate surface area is 77.6 Å². The molecule has 1 rings (SSSR count). The highest BCUT2D eigenvalue weighted by Crippen LogP contribution is 2.28. The third-order valence-electron chi connectivity index (χ3n) is 2.51. The predicted molar refractivity (Wildman–Crippen MR) is 51.1 cm³/mol. The molecule has 11 heavy (non-hydrogen) atoms. The van der Waals surface area contributed by atoms with Crippen LogP contribution in [0.2, 0.25) is 0 Å². The summed E-state index contributed by atoms with van der Waals surface area (Å²) in [5.74, 6) is 0.827. The average Bonchev–Trinajstić information content (AvgIpc) is 2.05. The summed E-state index contributed by atoms with van der Waals surface area (Å²) < 4.78 is 5.59. The van der Waals surface area contributed by atoms with Gasteiger partial charge in [-0.2, -0.15) is 0 Å². The molecule has 66 valence electrons. The second-order valence-corrected chi connectivity index (χ2v) is 4.81. The Hall–Kier alpha value is 0.440. The van der Waals surface area contributed by atoms with Crippen LogP contribution >= 0.6 is 15.9 Å². The van der Waals surface area contributed by atoms with Crippen LogP contribution in [0.25, 0.3) is 0 Å². The van der Waals surface area contributed by atoms with Gasteiger partial charge >= 0.3 is 0 Å². The maximum atomic E-state index is 5.59. The van der Waals surface area contributed by atoms with E-state index in [2.05, 4.69) is 29.8 Å². The molecule has 3 unspecified atom stereocenters. The number of hydrogen-bond donors (Lipinski definition) is 0. The number of alkyl halides is 1. The molecule has 0 spiro atoms. The summed E-state index contributed by atoms with van der Waals surface area (Å²) in [6.07, 6.45) is 4.15. The lowest BCUT2D eigenvalue weighted by atomic mass is 9.92. The van der Waals surface area contributed by atoms with Crippen LogP contribution in [0.4, 0.5) is 0 Å². The van der Waals surface area contributed by atoms with E-state index in [1.54, 1.807) is 0 Å². The van der Waals surface area contributed by atoms with Crippen LogP contribution in [0.1, 0.15) is 33.1 Å². The maximum absolute atomic E-state index is 5.59. The number of rotatable bonds is 2. The molecule has 1 aliphatic heterocycles. The van der Waals surface area contributed by atoms with E-state index < -0.39 is 0 Å². The summed E-state index contributed by atoms with van der Waals surface area (Å²) in [7, 11) is 0. The van der Waals surface area contributed by atoms with Gasteiger partial charge in [0.1, 0.15) is 0 Å². The molecule has 0 radical (unpaired) electrons. The van der Waals surface area contributed by atoms with Gasteiger partial charge in [-0.3, -0.25) is 0 Å². The molecule has 3 atom stereocenters. The highest BCUT2D eigenvalue weighted by molar-refractivity contribution is 9.09. The van der Waals surface area contributed by atoms with Gasteiger partial charge in [0, 0.05) is 11.4 Å². The van der Waals surface area contributed by atoms with Crippen molar-refractivity contribution in [1.29, 1.82) is 0 Å². The van der Waals surface area contributed by atoms with Gasteiger partial charge < -0.3 is 4.74 Å². The van der Waals surface area contributed by atoms with Crippen molar-refractivity contribution in [2.24, 2.45) is 5.92 Å². The molecule has 2 heteroatoms. The van der Waals surface area contributed by atoms with Crippen LogP contribution in [0.15, 0.2) is 0 Å². The lowest BCUT2D eigenvalue weighted by Gasteiger charge is -2.30. The largest absolute Gasteiger partial charge is 0.378 e. The van der Waals surface area contributed by atoms with Crippen molar-refractivity contribution in [3.05, 3.63) is 0 Å². The Morgan fingerprint density at radius 2 is 2.36 bits per heavy atom. The third kappa shape index (κ3) is 2.75. The van der Waals surface area contributed by atoms with Crippen molar-refractivity contribution in [3.8, 4) is 0 Å². The lowest BCUT2D eigenvalue weighted by molar-refractivity contribution is -0.00948. The van der Waals surface area contributed by atoms with E-state index in [1.165, 1.54) is 12.8 Å². The van der Waals surface area contributed by atoms with Crippen LogP contribution in [0, 0.1) is 5.92 Å². The smallest absolute Gasteiger partial charge is 0.0575 e. The zero-order valence-electron chi connectivity index (χ0n) is 7.35. The number of hydrogen-bond acceptors (Lipinski definition) is 1. The molecular formula is C9H17BrO. The van der Waals surface area contributed by atoms with Crippen LogP contribution < -0.4 is 0 Å². The molecule has 0 saturated carbocycles. The van der Waals surface area contributed by atoms with Gasteiger partial charge in [0.05, 0.1) is 6.10 Å². The van der Waals surface area contributed by atoms with Crippen molar-refractivity contribution < 1.29 is 4.74 Å². The van der Waals surface area contributed by atoms with E-state index in [1.807, 2.05) is 0 Å². The number of ether oxygens (including phenoxy) is 1. The fourth-order valence-electron chi connectivity index (χ4n) is 1.61. The zero-order valence-corrected chi connectivity index (χ0v) is 8.93. The quantitative estimate of drug-likeness (QED) is 0.651. The molecular weight excluding hydrogens is 204 g/mol. The first-order valence-electron chi connectivity index (χ1n) is 4.49. The fraction of sp³-hybridized carbons (Fsp3) is 1.00. The first-order valence-corrected chi connectivity index (χ1v) is 5.41. The predicted octanol–water partition coefficient (Wildman–Crippen LogP) is 2.98. The standard InChI is InChI=1S/C9H17BrO/c1-3-9-6-8(7(2)10)4-5-11-9/h7-9H,3-6H2,1-2H3. The Balaban J connectivity index is 2.33. The molecule has 0 aliphatic carbocycles. The summed E-state index contributed by atoms with van der Waals surface area (Å²) in [5.41, 5.74) is 0. The minimum absolute atomic E-state index is 0.522. The van der Waals surface area contributed by atoms with Gasteiger partial charge in [-0.25, -0.2) is 0 Å². The topological polar surface area (TPSA) is 9.23 Å². The van der Waals surface area contributed by atoms with Crippen molar-refractivity contribution in [2.45, 2.75) is 44.0 Å². The van der Waals surface area contributed by atoms with E-state index in [9.17, 15) is 0 Å². The van der Waals surface area contributed by atoms with E-state index in [0.717, 1.165) is 18.9 Å². The first-order chi connectivity index (χ1) is 5.24. The summed E-state index contributed by atoms with van der Waals surface area (Å²) >= 11 is 3.64. The van der Waals surface area contributed by atoms with Crippen LogP contribution in [-0.4, -0.2) is 17.5 Å². The minimum Gasteiger partial charge on any atom is -0.378 e. The summed E-state index contributed by atoms with van der Waals surface area (Å²) in [4.78, 5) is 0.653. The maximum Gasteiger partial charge on any atom is 0.0575 e. The molecule has 1 aliphatic rings. The molecule has 0 aromatic rings. The molecule has 1 nitrogen and oxygen atoms in total. The highest BCUT2D eigenvalue weighted by Gasteiger charge is 2.23. The Bertz CT molecular complexity index is 114. The lowest BCUT2D eigenvalue weighted by Crippen LogP contribution is -2.28. The molecule has 1 saturated heterocycles. The molecule has 0 amide bonds. The van der Waals surface area contributed by atoms with Gasteiger partial charge in [-0.1, -0.05) is 29.8 Å². The zero-order chi connectivity index (χ0) is 8.27. The molecule has 1 fully saturated rings. The Morgan fingerprint density at radius 1 is 1.64 bits per heavy atom. The van der Waals surface area contributed by atoms with E-state index in [-0.39, 0.29) is 0 Å².